The number of rotatable bonds is 13. The molecule has 2 rings (SSSR count). The quantitative estimate of drug-likeness (QED) is 0.384. The van der Waals surface area contributed by atoms with Gasteiger partial charge in [0.2, 0.25) is 0 Å². The fourth-order valence-corrected chi connectivity index (χ4v) is 2.89. The van der Waals surface area contributed by atoms with E-state index in [-0.39, 0.29) is 24.6 Å². The monoisotopic (exact) mass is 431 g/mol. The van der Waals surface area contributed by atoms with Crippen LogP contribution in [-0.2, 0) is 11.3 Å². The predicted octanol–water partition coefficient (Wildman–Crippen LogP) is 3.02. The summed E-state index contributed by atoms with van der Waals surface area (Å²) in [5.41, 5.74) is 0.642. The Bertz CT molecular complexity index is 870. The SMILES string of the molecule is CCN(CC)CCOc1ccc(CNC(=O)COc2ccccc2[N+](=O)[O-])cc1OC. The zero-order valence-corrected chi connectivity index (χ0v) is 18.1. The Hall–Kier alpha value is -3.33. The van der Waals surface area contributed by atoms with Crippen molar-refractivity contribution in [3.63, 3.8) is 0 Å². The first-order valence-corrected chi connectivity index (χ1v) is 10.1. The minimum absolute atomic E-state index is 0.0514. The van der Waals surface area contributed by atoms with Gasteiger partial charge in [0.15, 0.2) is 23.9 Å². The van der Waals surface area contributed by atoms with Crippen molar-refractivity contribution >= 4 is 11.6 Å². The Morgan fingerprint density at radius 3 is 2.48 bits per heavy atom. The van der Waals surface area contributed by atoms with Gasteiger partial charge in [-0.3, -0.25) is 14.9 Å². The number of carbonyl (C=O) groups excluding carboxylic acids is 1. The molecule has 0 unspecified atom stereocenters. The Balaban J connectivity index is 1.86. The molecule has 0 spiro atoms. The maximum atomic E-state index is 12.1. The van der Waals surface area contributed by atoms with Crippen LogP contribution < -0.4 is 19.5 Å². The zero-order chi connectivity index (χ0) is 22.6. The van der Waals surface area contributed by atoms with E-state index in [1.807, 2.05) is 12.1 Å². The Labute approximate surface area is 182 Å². The summed E-state index contributed by atoms with van der Waals surface area (Å²) in [5.74, 6) is 0.888. The zero-order valence-electron chi connectivity index (χ0n) is 18.1. The second-order valence-corrected chi connectivity index (χ2v) is 6.65. The van der Waals surface area contributed by atoms with Gasteiger partial charge < -0.3 is 24.4 Å². The van der Waals surface area contributed by atoms with Crippen molar-refractivity contribution in [1.29, 1.82) is 0 Å². The normalized spacial score (nSPS) is 10.6. The van der Waals surface area contributed by atoms with Gasteiger partial charge in [0.25, 0.3) is 5.91 Å². The third-order valence-electron chi connectivity index (χ3n) is 4.70. The number of nitro benzene ring substituents is 1. The maximum Gasteiger partial charge on any atom is 0.310 e. The van der Waals surface area contributed by atoms with E-state index in [9.17, 15) is 14.9 Å². The molecular weight excluding hydrogens is 402 g/mol. The van der Waals surface area contributed by atoms with E-state index in [1.165, 1.54) is 18.2 Å². The van der Waals surface area contributed by atoms with Crippen LogP contribution in [0, 0.1) is 10.1 Å². The minimum Gasteiger partial charge on any atom is -0.493 e. The molecule has 9 nitrogen and oxygen atoms in total. The molecule has 0 aliphatic heterocycles. The molecule has 1 amide bonds. The van der Waals surface area contributed by atoms with Crippen LogP contribution in [0.1, 0.15) is 19.4 Å². The highest BCUT2D eigenvalue weighted by molar-refractivity contribution is 5.77. The lowest BCUT2D eigenvalue weighted by molar-refractivity contribution is -0.385. The number of ether oxygens (including phenoxy) is 3. The molecule has 0 bridgehead atoms. The molecule has 2 aromatic carbocycles. The molecule has 9 heteroatoms. The van der Waals surface area contributed by atoms with Crippen LogP contribution in [-0.4, -0.2) is 55.7 Å². The van der Waals surface area contributed by atoms with Crippen molar-refractivity contribution in [1.82, 2.24) is 10.2 Å². The van der Waals surface area contributed by atoms with Crippen LogP contribution in [0.25, 0.3) is 0 Å². The van der Waals surface area contributed by atoms with Gasteiger partial charge >= 0.3 is 5.69 Å². The lowest BCUT2D eigenvalue weighted by Crippen LogP contribution is -2.28. The largest absolute Gasteiger partial charge is 0.493 e. The summed E-state index contributed by atoms with van der Waals surface area (Å²) in [6.07, 6.45) is 0. The molecule has 0 heterocycles. The lowest BCUT2D eigenvalue weighted by atomic mass is 10.2. The molecule has 0 atom stereocenters. The first-order chi connectivity index (χ1) is 15.0. The molecule has 0 aliphatic carbocycles. The summed E-state index contributed by atoms with van der Waals surface area (Å²) >= 11 is 0. The standard InChI is InChI=1S/C22H29N3O6/c1-4-24(5-2)12-13-30-20-11-10-17(14-21(20)29-3)15-23-22(26)16-31-19-9-7-6-8-18(19)25(27)28/h6-11,14H,4-5,12-13,15-16H2,1-3H3,(H,23,26). The van der Waals surface area contributed by atoms with E-state index >= 15 is 0 Å². The number of likely N-dealkylation sites (N-methyl/N-ethyl adjacent to an activating group) is 1. The summed E-state index contributed by atoms with van der Waals surface area (Å²) in [4.78, 5) is 24.8. The smallest absolute Gasteiger partial charge is 0.310 e. The number of para-hydroxylation sites is 2. The van der Waals surface area contributed by atoms with Gasteiger partial charge in [-0.2, -0.15) is 0 Å². The highest BCUT2D eigenvalue weighted by Crippen LogP contribution is 2.28. The van der Waals surface area contributed by atoms with E-state index in [1.54, 1.807) is 19.2 Å². The van der Waals surface area contributed by atoms with Gasteiger partial charge in [-0.1, -0.05) is 32.0 Å². The number of methoxy groups -OCH3 is 1. The molecule has 31 heavy (non-hydrogen) atoms. The average molecular weight is 431 g/mol. The number of hydrogen-bond acceptors (Lipinski definition) is 7. The van der Waals surface area contributed by atoms with E-state index in [0.717, 1.165) is 25.2 Å². The molecule has 0 radical (unpaired) electrons. The van der Waals surface area contributed by atoms with Crippen molar-refractivity contribution < 1.29 is 23.9 Å². The third-order valence-corrected chi connectivity index (χ3v) is 4.70. The van der Waals surface area contributed by atoms with E-state index in [4.69, 9.17) is 14.2 Å². The number of nitrogens with one attached hydrogen (secondary N) is 1. The molecule has 0 aliphatic rings. The van der Waals surface area contributed by atoms with Crippen LogP contribution in [0.3, 0.4) is 0 Å². The van der Waals surface area contributed by atoms with Gasteiger partial charge in [0.1, 0.15) is 6.61 Å². The second kappa shape index (κ2) is 12.4. The van der Waals surface area contributed by atoms with Gasteiger partial charge in [-0.25, -0.2) is 0 Å². The number of amides is 1. The van der Waals surface area contributed by atoms with Crippen LogP contribution >= 0.6 is 0 Å². The second-order valence-electron chi connectivity index (χ2n) is 6.65. The van der Waals surface area contributed by atoms with Crippen molar-refractivity contribution in [3.8, 4) is 17.2 Å². The van der Waals surface area contributed by atoms with Crippen LogP contribution in [0.2, 0.25) is 0 Å². The molecular formula is C22H29N3O6. The number of benzene rings is 2. The minimum atomic E-state index is -0.550. The molecule has 2 aromatic rings. The summed E-state index contributed by atoms with van der Waals surface area (Å²) < 4.78 is 16.5. The van der Waals surface area contributed by atoms with Crippen molar-refractivity contribution in [3.05, 3.63) is 58.1 Å². The Kier molecular flexibility index (Phi) is 9.57. The topological polar surface area (TPSA) is 103 Å². The van der Waals surface area contributed by atoms with Crippen LogP contribution in [0.15, 0.2) is 42.5 Å². The average Bonchev–Trinajstić information content (AvgIpc) is 2.79. The molecule has 0 saturated heterocycles. The third kappa shape index (κ3) is 7.45. The first-order valence-electron chi connectivity index (χ1n) is 10.1. The molecule has 0 saturated carbocycles. The Morgan fingerprint density at radius 1 is 1.06 bits per heavy atom. The van der Waals surface area contributed by atoms with E-state index < -0.39 is 10.8 Å². The van der Waals surface area contributed by atoms with Gasteiger partial charge in [-0.05, 0) is 36.9 Å². The fraction of sp³-hybridized carbons (Fsp3) is 0.409. The summed E-state index contributed by atoms with van der Waals surface area (Å²) in [6.45, 7) is 7.47. The summed E-state index contributed by atoms with van der Waals surface area (Å²) in [6, 6.07) is 11.4. The molecule has 0 fully saturated rings. The highest BCUT2D eigenvalue weighted by atomic mass is 16.6. The van der Waals surface area contributed by atoms with Crippen LogP contribution in [0.4, 0.5) is 5.69 Å². The van der Waals surface area contributed by atoms with Crippen molar-refractivity contribution in [2.45, 2.75) is 20.4 Å². The molecule has 168 valence electrons. The number of nitro groups is 1. The number of nitrogens with zero attached hydrogens (tertiary/aromatic N) is 2. The maximum absolute atomic E-state index is 12.1. The fourth-order valence-electron chi connectivity index (χ4n) is 2.89. The van der Waals surface area contributed by atoms with Crippen molar-refractivity contribution in [2.75, 3.05) is 40.0 Å². The van der Waals surface area contributed by atoms with E-state index in [0.29, 0.717) is 18.1 Å². The van der Waals surface area contributed by atoms with Gasteiger partial charge in [0, 0.05) is 19.2 Å². The molecule has 0 aromatic heterocycles. The van der Waals surface area contributed by atoms with Crippen molar-refractivity contribution in [2.24, 2.45) is 0 Å². The first kappa shape index (κ1) is 23.9. The predicted molar refractivity (Wildman–Crippen MR) is 117 cm³/mol. The number of hydrogen-bond donors (Lipinski definition) is 1. The number of carbonyl (C=O) groups is 1. The summed E-state index contributed by atoms with van der Waals surface area (Å²) in [7, 11) is 1.57. The summed E-state index contributed by atoms with van der Waals surface area (Å²) in [5, 5.41) is 13.7. The van der Waals surface area contributed by atoms with Gasteiger partial charge in [0.05, 0.1) is 12.0 Å². The van der Waals surface area contributed by atoms with Crippen LogP contribution in [0.5, 0.6) is 17.2 Å². The van der Waals surface area contributed by atoms with Gasteiger partial charge in [-0.15, -0.1) is 0 Å². The lowest BCUT2D eigenvalue weighted by Gasteiger charge is -2.19. The Morgan fingerprint density at radius 2 is 1.81 bits per heavy atom. The van der Waals surface area contributed by atoms with E-state index in [2.05, 4.69) is 24.1 Å². The highest BCUT2D eigenvalue weighted by Gasteiger charge is 2.15. The molecule has 1 N–H and O–H groups in total.